The van der Waals surface area contributed by atoms with Crippen molar-refractivity contribution < 1.29 is 33.6 Å². The van der Waals surface area contributed by atoms with Crippen molar-refractivity contribution >= 4 is 9.84 Å². The summed E-state index contributed by atoms with van der Waals surface area (Å²) in [6, 6.07) is 5.92. The highest BCUT2D eigenvalue weighted by molar-refractivity contribution is 7.92. The zero-order chi connectivity index (χ0) is 15.8. The van der Waals surface area contributed by atoms with Crippen molar-refractivity contribution in [1.82, 2.24) is 0 Å². The molecule has 7 nitrogen and oxygen atoms in total. The summed E-state index contributed by atoms with van der Waals surface area (Å²) in [6.45, 7) is 1.12. The predicted molar refractivity (Wildman–Crippen MR) is 72.1 cm³/mol. The number of aryl methyl sites for hydroxylation is 1. The van der Waals surface area contributed by atoms with Crippen LogP contribution in [0, 0.1) is 6.92 Å². The Kier molecular flexibility index (Phi) is 4.66. The average molecular weight is 318 g/mol. The van der Waals surface area contributed by atoms with Crippen LogP contribution >= 0.6 is 0 Å². The van der Waals surface area contributed by atoms with Crippen molar-refractivity contribution in [3.05, 3.63) is 29.8 Å². The van der Waals surface area contributed by atoms with Crippen molar-refractivity contribution in [1.29, 1.82) is 0 Å². The Morgan fingerprint density at radius 1 is 1.05 bits per heavy atom. The smallest absolute Gasteiger partial charge is 0.207 e. The first-order valence-electron chi connectivity index (χ1n) is 6.40. The van der Waals surface area contributed by atoms with Crippen LogP contribution in [-0.4, -0.2) is 65.3 Å². The highest BCUT2D eigenvalue weighted by Gasteiger charge is 2.49. The van der Waals surface area contributed by atoms with Crippen LogP contribution < -0.4 is 0 Å². The van der Waals surface area contributed by atoms with E-state index in [2.05, 4.69) is 0 Å². The number of ether oxygens (including phenoxy) is 1. The fourth-order valence-electron chi connectivity index (χ4n) is 2.19. The molecule has 1 heterocycles. The van der Waals surface area contributed by atoms with Crippen LogP contribution in [0.3, 0.4) is 0 Å². The normalized spacial score (nSPS) is 33.9. The topological polar surface area (TPSA) is 124 Å². The monoisotopic (exact) mass is 318 g/mol. The van der Waals surface area contributed by atoms with Crippen LogP contribution in [0.15, 0.2) is 29.2 Å². The van der Waals surface area contributed by atoms with Crippen molar-refractivity contribution in [2.75, 3.05) is 6.61 Å². The van der Waals surface area contributed by atoms with Gasteiger partial charge in [-0.15, -0.1) is 0 Å². The van der Waals surface area contributed by atoms with Gasteiger partial charge in [-0.1, -0.05) is 17.7 Å². The second kappa shape index (κ2) is 5.99. The summed E-state index contributed by atoms with van der Waals surface area (Å²) in [5, 5.41) is 38.3. The van der Waals surface area contributed by atoms with E-state index >= 15 is 0 Å². The van der Waals surface area contributed by atoms with E-state index in [9.17, 15) is 23.7 Å². The molecule has 0 bridgehead atoms. The number of hydrogen-bond acceptors (Lipinski definition) is 7. The third-order valence-electron chi connectivity index (χ3n) is 3.50. The Morgan fingerprint density at radius 2 is 1.62 bits per heavy atom. The quantitative estimate of drug-likeness (QED) is 0.538. The molecule has 1 aromatic carbocycles. The third kappa shape index (κ3) is 2.96. The maximum absolute atomic E-state index is 12.5. The lowest BCUT2D eigenvalue weighted by Gasteiger charge is -2.39. The maximum Gasteiger partial charge on any atom is 0.207 e. The van der Waals surface area contributed by atoms with E-state index in [1.165, 1.54) is 12.1 Å². The molecule has 0 spiro atoms. The lowest BCUT2D eigenvalue weighted by Crippen LogP contribution is -2.60. The van der Waals surface area contributed by atoms with Gasteiger partial charge in [-0.3, -0.25) is 0 Å². The van der Waals surface area contributed by atoms with E-state index in [0.29, 0.717) is 0 Å². The maximum atomic E-state index is 12.5. The minimum absolute atomic E-state index is 0.0718. The molecule has 118 valence electrons. The second-order valence-corrected chi connectivity index (χ2v) is 7.08. The number of benzene rings is 1. The summed E-state index contributed by atoms with van der Waals surface area (Å²) >= 11 is 0. The molecule has 0 radical (unpaired) electrons. The Labute approximate surface area is 122 Å². The zero-order valence-corrected chi connectivity index (χ0v) is 12.1. The van der Waals surface area contributed by atoms with Gasteiger partial charge in [0.05, 0.1) is 11.5 Å². The van der Waals surface area contributed by atoms with E-state index in [-0.39, 0.29) is 4.90 Å². The van der Waals surface area contributed by atoms with Crippen molar-refractivity contribution in [2.45, 2.75) is 41.7 Å². The van der Waals surface area contributed by atoms with E-state index in [1.54, 1.807) is 19.1 Å². The number of hydrogen-bond donors (Lipinski definition) is 4. The van der Waals surface area contributed by atoms with Gasteiger partial charge in [0.25, 0.3) is 0 Å². The van der Waals surface area contributed by atoms with Gasteiger partial charge in [-0.05, 0) is 19.1 Å². The van der Waals surface area contributed by atoms with Crippen LogP contribution in [-0.2, 0) is 14.6 Å². The minimum Gasteiger partial charge on any atom is -0.394 e. The molecule has 1 aliphatic heterocycles. The summed E-state index contributed by atoms with van der Waals surface area (Å²) in [7, 11) is -4.08. The van der Waals surface area contributed by atoms with Gasteiger partial charge < -0.3 is 25.2 Å². The SMILES string of the molecule is Cc1ccc(S(=O)(=O)C2O[C@H](CO)[C@@H](O)[C@H](O)[C@H]2O)cc1. The highest BCUT2D eigenvalue weighted by atomic mass is 32.2. The van der Waals surface area contributed by atoms with Gasteiger partial charge in [0.1, 0.15) is 24.4 Å². The molecule has 0 amide bonds. The molecule has 1 aliphatic rings. The lowest BCUT2D eigenvalue weighted by molar-refractivity contribution is -0.207. The molecular weight excluding hydrogens is 300 g/mol. The Balaban J connectivity index is 2.36. The molecule has 0 aromatic heterocycles. The van der Waals surface area contributed by atoms with Crippen LogP contribution in [0.4, 0.5) is 0 Å². The lowest BCUT2D eigenvalue weighted by atomic mass is 10.0. The van der Waals surface area contributed by atoms with Crippen molar-refractivity contribution in [2.24, 2.45) is 0 Å². The number of aliphatic hydroxyl groups excluding tert-OH is 4. The first kappa shape index (κ1) is 16.3. The highest BCUT2D eigenvalue weighted by Crippen LogP contribution is 2.28. The first-order chi connectivity index (χ1) is 9.78. The fourth-order valence-corrected chi connectivity index (χ4v) is 3.79. The number of rotatable bonds is 3. The van der Waals surface area contributed by atoms with Crippen LogP contribution in [0.1, 0.15) is 5.56 Å². The summed E-state index contributed by atoms with van der Waals surface area (Å²) in [5.74, 6) is 0. The van der Waals surface area contributed by atoms with Gasteiger partial charge in [0.15, 0.2) is 5.44 Å². The second-order valence-electron chi connectivity index (χ2n) is 5.06. The van der Waals surface area contributed by atoms with Crippen molar-refractivity contribution in [3.8, 4) is 0 Å². The van der Waals surface area contributed by atoms with Gasteiger partial charge in [-0.25, -0.2) is 8.42 Å². The van der Waals surface area contributed by atoms with Crippen LogP contribution in [0.25, 0.3) is 0 Å². The summed E-state index contributed by atoms with van der Waals surface area (Å²) in [6.07, 6.45) is -6.38. The molecule has 21 heavy (non-hydrogen) atoms. The van der Waals surface area contributed by atoms with E-state index in [0.717, 1.165) is 5.56 Å². The summed E-state index contributed by atoms with van der Waals surface area (Å²) in [4.78, 5) is -0.0718. The Hall–Kier alpha value is -1.03. The predicted octanol–water partition coefficient (Wildman–Crippen LogP) is -1.43. The molecule has 0 aliphatic carbocycles. The Morgan fingerprint density at radius 3 is 2.14 bits per heavy atom. The molecule has 1 aromatic rings. The zero-order valence-electron chi connectivity index (χ0n) is 11.3. The van der Waals surface area contributed by atoms with Crippen LogP contribution in [0.2, 0.25) is 0 Å². The van der Waals surface area contributed by atoms with Gasteiger partial charge >= 0.3 is 0 Å². The number of sulfone groups is 1. The Bertz CT molecular complexity index is 581. The van der Waals surface area contributed by atoms with Gasteiger partial charge in [-0.2, -0.15) is 0 Å². The molecule has 1 fully saturated rings. The van der Waals surface area contributed by atoms with E-state index in [4.69, 9.17) is 9.84 Å². The molecule has 8 heteroatoms. The van der Waals surface area contributed by atoms with Crippen LogP contribution in [0.5, 0.6) is 0 Å². The molecule has 4 N–H and O–H groups in total. The molecular formula is C13H18O7S. The van der Waals surface area contributed by atoms with E-state index in [1.807, 2.05) is 0 Å². The van der Waals surface area contributed by atoms with E-state index < -0.39 is 46.3 Å². The largest absolute Gasteiger partial charge is 0.394 e. The summed E-state index contributed by atoms with van der Waals surface area (Å²) < 4.78 is 30.0. The summed E-state index contributed by atoms with van der Waals surface area (Å²) in [5.41, 5.74) is -0.890. The molecule has 5 atom stereocenters. The fraction of sp³-hybridized carbons (Fsp3) is 0.538. The molecule has 1 saturated heterocycles. The first-order valence-corrected chi connectivity index (χ1v) is 7.94. The average Bonchev–Trinajstić information content (AvgIpc) is 2.45. The minimum atomic E-state index is -4.08. The van der Waals surface area contributed by atoms with Crippen molar-refractivity contribution in [3.63, 3.8) is 0 Å². The third-order valence-corrected chi connectivity index (χ3v) is 5.43. The molecule has 0 saturated carbocycles. The van der Waals surface area contributed by atoms with Gasteiger partial charge in [0.2, 0.25) is 9.84 Å². The number of aliphatic hydroxyl groups is 4. The standard InChI is InChI=1S/C13H18O7S/c1-7-2-4-8(5-3-7)21(18,19)13-12(17)11(16)10(15)9(6-14)20-13/h2-5,9-17H,6H2,1H3/t9-,10-,11+,12-,13?/m1/s1. The van der Waals surface area contributed by atoms with Gasteiger partial charge in [0, 0.05) is 0 Å². The molecule has 1 unspecified atom stereocenters. The molecule has 2 rings (SSSR count).